The molecule has 0 spiro atoms. The molecule has 0 bridgehead atoms. The van der Waals surface area contributed by atoms with Gasteiger partial charge in [-0.2, -0.15) is 0 Å². The number of halogens is 3. The highest BCUT2D eigenvalue weighted by Gasteiger charge is 2.13. The molecule has 0 aliphatic rings. The van der Waals surface area contributed by atoms with Crippen molar-refractivity contribution >= 4 is 6.29 Å². The zero-order valence-corrected chi connectivity index (χ0v) is 12.0. The lowest BCUT2D eigenvalue weighted by atomic mass is 10.0. The van der Waals surface area contributed by atoms with Crippen LogP contribution in [0.2, 0.25) is 0 Å². The maximum atomic E-state index is 13.9. The fourth-order valence-corrected chi connectivity index (χ4v) is 1.99. The van der Waals surface area contributed by atoms with Gasteiger partial charge in [0.25, 0.3) is 0 Å². The molecule has 0 unspecified atom stereocenters. The molecule has 0 aliphatic heterocycles. The number of ether oxygens (including phenoxy) is 1. The van der Waals surface area contributed by atoms with Crippen molar-refractivity contribution in [2.75, 3.05) is 6.61 Å². The molecule has 0 fully saturated rings. The van der Waals surface area contributed by atoms with Gasteiger partial charge in [-0.25, -0.2) is 13.2 Å². The minimum absolute atomic E-state index is 0.0718. The lowest BCUT2D eigenvalue weighted by Crippen LogP contribution is -1.99. The average Bonchev–Trinajstić information content (AvgIpc) is 2.51. The maximum absolute atomic E-state index is 13.9. The summed E-state index contributed by atoms with van der Waals surface area (Å²) in [4.78, 5) is 10.6. The van der Waals surface area contributed by atoms with E-state index in [9.17, 15) is 18.0 Å². The van der Waals surface area contributed by atoms with Gasteiger partial charge >= 0.3 is 0 Å². The van der Waals surface area contributed by atoms with Crippen LogP contribution >= 0.6 is 0 Å². The molecule has 0 amide bonds. The van der Waals surface area contributed by atoms with Gasteiger partial charge in [-0.05, 0) is 36.2 Å². The van der Waals surface area contributed by atoms with Gasteiger partial charge in [-0.1, -0.05) is 19.4 Å². The van der Waals surface area contributed by atoms with Crippen molar-refractivity contribution in [2.45, 2.75) is 19.8 Å². The Morgan fingerprint density at radius 3 is 2.45 bits per heavy atom. The first-order valence-corrected chi connectivity index (χ1v) is 6.93. The van der Waals surface area contributed by atoms with Crippen LogP contribution in [0.1, 0.15) is 30.1 Å². The van der Waals surface area contributed by atoms with Gasteiger partial charge in [-0.3, -0.25) is 4.79 Å². The molecule has 2 nitrogen and oxygen atoms in total. The van der Waals surface area contributed by atoms with Crippen LogP contribution in [0.15, 0.2) is 30.3 Å². The van der Waals surface area contributed by atoms with E-state index in [0.717, 1.165) is 31.0 Å². The highest BCUT2D eigenvalue weighted by Crippen LogP contribution is 2.29. The molecule has 0 saturated heterocycles. The van der Waals surface area contributed by atoms with Crippen molar-refractivity contribution in [2.24, 2.45) is 0 Å². The third kappa shape index (κ3) is 3.47. The van der Waals surface area contributed by atoms with Gasteiger partial charge in [0.15, 0.2) is 17.9 Å². The second-order valence-corrected chi connectivity index (χ2v) is 4.82. The van der Waals surface area contributed by atoms with Gasteiger partial charge in [0, 0.05) is 5.56 Å². The number of unbranched alkanes of at least 4 members (excludes halogenated alkanes) is 1. The van der Waals surface area contributed by atoms with E-state index in [-0.39, 0.29) is 28.7 Å². The largest absolute Gasteiger partial charge is 0.491 e. The van der Waals surface area contributed by atoms with Gasteiger partial charge in [0.2, 0.25) is 0 Å². The molecule has 0 atom stereocenters. The predicted molar refractivity (Wildman–Crippen MR) is 77.5 cm³/mol. The molecule has 0 aliphatic carbocycles. The summed E-state index contributed by atoms with van der Waals surface area (Å²) in [5, 5.41) is 0. The van der Waals surface area contributed by atoms with Crippen molar-refractivity contribution < 1.29 is 22.7 Å². The molecule has 2 rings (SSSR count). The lowest BCUT2D eigenvalue weighted by Gasteiger charge is -2.09. The number of benzene rings is 2. The maximum Gasteiger partial charge on any atom is 0.165 e. The number of hydrogen-bond donors (Lipinski definition) is 0. The Balaban J connectivity index is 2.32. The summed E-state index contributed by atoms with van der Waals surface area (Å²) in [6.07, 6.45) is 1.95. The SMILES string of the molecule is CCCCOc1ccc(-c2cc(F)c(C=O)cc2F)cc1F. The highest BCUT2D eigenvalue weighted by molar-refractivity contribution is 5.78. The first-order valence-electron chi connectivity index (χ1n) is 6.93. The van der Waals surface area contributed by atoms with Gasteiger partial charge in [0.05, 0.1) is 12.2 Å². The molecule has 22 heavy (non-hydrogen) atoms. The second kappa shape index (κ2) is 7.11. The van der Waals surface area contributed by atoms with Gasteiger partial charge < -0.3 is 4.74 Å². The fourth-order valence-electron chi connectivity index (χ4n) is 1.99. The van der Waals surface area contributed by atoms with Crippen LogP contribution in [0, 0.1) is 17.5 Å². The van der Waals surface area contributed by atoms with Crippen LogP contribution < -0.4 is 4.74 Å². The summed E-state index contributed by atoms with van der Waals surface area (Å²) >= 11 is 0. The fraction of sp³-hybridized carbons (Fsp3) is 0.235. The van der Waals surface area contributed by atoms with Crippen molar-refractivity contribution in [3.63, 3.8) is 0 Å². The first-order chi connectivity index (χ1) is 10.6. The van der Waals surface area contributed by atoms with Crippen LogP contribution in [0.4, 0.5) is 13.2 Å². The Bertz CT molecular complexity index is 684. The molecule has 2 aromatic rings. The summed E-state index contributed by atoms with van der Waals surface area (Å²) in [5.41, 5.74) is -0.308. The quantitative estimate of drug-likeness (QED) is 0.568. The minimum atomic E-state index is -0.852. The smallest absolute Gasteiger partial charge is 0.165 e. The Hall–Kier alpha value is -2.30. The van der Waals surface area contributed by atoms with Gasteiger partial charge in [-0.15, -0.1) is 0 Å². The average molecular weight is 308 g/mol. The van der Waals surface area contributed by atoms with Crippen LogP contribution in [0.5, 0.6) is 5.75 Å². The zero-order chi connectivity index (χ0) is 16.1. The van der Waals surface area contributed by atoms with E-state index >= 15 is 0 Å². The molecule has 2 aromatic carbocycles. The third-order valence-electron chi connectivity index (χ3n) is 3.21. The number of hydrogen-bond acceptors (Lipinski definition) is 2. The van der Waals surface area contributed by atoms with Crippen LogP contribution in [0.3, 0.4) is 0 Å². The molecule has 0 heterocycles. The molecule has 0 radical (unpaired) electrons. The van der Waals surface area contributed by atoms with E-state index in [4.69, 9.17) is 4.74 Å². The number of aldehydes is 1. The third-order valence-corrected chi connectivity index (χ3v) is 3.21. The van der Waals surface area contributed by atoms with E-state index in [1.807, 2.05) is 6.92 Å². The van der Waals surface area contributed by atoms with Crippen LogP contribution in [-0.2, 0) is 0 Å². The van der Waals surface area contributed by atoms with Crippen molar-refractivity contribution in [3.05, 3.63) is 53.3 Å². The van der Waals surface area contributed by atoms with Crippen molar-refractivity contribution in [1.82, 2.24) is 0 Å². The summed E-state index contributed by atoms with van der Waals surface area (Å²) in [6, 6.07) is 5.58. The van der Waals surface area contributed by atoms with E-state index in [0.29, 0.717) is 6.61 Å². The van der Waals surface area contributed by atoms with Crippen LogP contribution in [-0.4, -0.2) is 12.9 Å². The Kier molecular flexibility index (Phi) is 5.20. The van der Waals surface area contributed by atoms with Crippen molar-refractivity contribution in [3.8, 4) is 16.9 Å². The molecule has 5 heteroatoms. The minimum Gasteiger partial charge on any atom is -0.491 e. The van der Waals surface area contributed by atoms with E-state index in [2.05, 4.69) is 0 Å². The summed E-state index contributed by atoms with van der Waals surface area (Å²) in [5.74, 6) is -2.21. The first kappa shape index (κ1) is 16.1. The molecular formula is C17H15F3O2. The molecule has 116 valence electrons. The number of carbonyl (C=O) groups excluding carboxylic acids is 1. The topological polar surface area (TPSA) is 26.3 Å². The molecule has 0 N–H and O–H groups in total. The van der Waals surface area contributed by atoms with E-state index in [1.165, 1.54) is 12.1 Å². The monoisotopic (exact) mass is 308 g/mol. The number of carbonyl (C=O) groups is 1. The van der Waals surface area contributed by atoms with Crippen molar-refractivity contribution in [1.29, 1.82) is 0 Å². The highest BCUT2D eigenvalue weighted by atomic mass is 19.1. The van der Waals surface area contributed by atoms with Crippen LogP contribution in [0.25, 0.3) is 11.1 Å². The molecular weight excluding hydrogens is 293 g/mol. The normalized spacial score (nSPS) is 10.5. The zero-order valence-electron chi connectivity index (χ0n) is 12.0. The lowest BCUT2D eigenvalue weighted by molar-refractivity contribution is 0.111. The summed E-state index contributed by atoms with van der Waals surface area (Å²) in [6.45, 7) is 2.38. The Morgan fingerprint density at radius 2 is 1.82 bits per heavy atom. The standard InChI is InChI=1S/C17H15F3O2/c1-2-3-6-22-17-5-4-11(7-16(17)20)13-9-14(18)12(10-21)8-15(13)19/h4-5,7-10H,2-3,6H2,1H3. The van der Waals surface area contributed by atoms with Gasteiger partial charge in [0.1, 0.15) is 11.6 Å². The Labute approximate surface area is 126 Å². The summed E-state index contributed by atoms with van der Waals surface area (Å²) in [7, 11) is 0. The summed E-state index contributed by atoms with van der Waals surface area (Å²) < 4.78 is 46.7. The molecule has 0 saturated carbocycles. The van der Waals surface area contributed by atoms with E-state index in [1.54, 1.807) is 0 Å². The number of rotatable bonds is 6. The predicted octanol–water partition coefficient (Wildman–Crippen LogP) is 4.76. The Morgan fingerprint density at radius 1 is 1.05 bits per heavy atom. The second-order valence-electron chi connectivity index (χ2n) is 4.82. The molecule has 0 aromatic heterocycles. The van der Waals surface area contributed by atoms with E-state index < -0.39 is 17.5 Å².